The van der Waals surface area contributed by atoms with E-state index in [2.05, 4.69) is 21.0 Å². The van der Waals surface area contributed by atoms with Crippen LogP contribution in [0, 0.1) is 0 Å². The number of hydrogen-bond donors (Lipinski definition) is 0. The van der Waals surface area contributed by atoms with Gasteiger partial charge in [0.05, 0.1) is 17.1 Å². The molecular formula is C12H20BrN3O2. The van der Waals surface area contributed by atoms with Gasteiger partial charge in [-0.1, -0.05) is 22.9 Å². The third kappa shape index (κ3) is 3.81. The topological polar surface area (TPSA) is 47.4 Å². The molecule has 0 bridgehead atoms. The normalized spacial score (nSPS) is 12.5. The molecule has 6 heteroatoms. The SMILES string of the molecule is CCc1cc(C(=O)N(C)CC(Br)COC)n(C)n1. The number of rotatable bonds is 6. The molecule has 0 saturated carbocycles. The fourth-order valence-corrected chi connectivity index (χ4v) is 2.41. The molecule has 5 nitrogen and oxygen atoms in total. The highest BCUT2D eigenvalue weighted by molar-refractivity contribution is 9.09. The van der Waals surface area contributed by atoms with Crippen LogP contribution >= 0.6 is 15.9 Å². The monoisotopic (exact) mass is 317 g/mol. The molecule has 18 heavy (non-hydrogen) atoms. The van der Waals surface area contributed by atoms with Crippen LogP contribution in [-0.4, -0.2) is 52.7 Å². The highest BCUT2D eigenvalue weighted by Gasteiger charge is 2.19. The highest BCUT2D eigenvalue weighted by Crippen LogP contribution is 2.09. The van der Waals surface area contributed by atoms with Gasteiger partial charge < -0.3 is 9.64 Å². The maximum Gasteiger partial charge on any atom is 0.271 e. The minimum Gasteiger partial charge on any atom is -0.383 e. The number of carbonyl (C=O) groups is 1. The van der Waals surface area contributed by atoms with Gasteiger partial charge in [-0.15, -0.1) is 0 Å². The second kappa shape index (κ2) is 6.89. The summed E-state index contributed by atoms with van der Waals surface area (Å²) in [6.45, 7) is 3.19. The smallest absolute Gasteiger partial charge is 0.271 e. The zero-order valence-corrected chi connectivity index (χ0v) is 12.9. The van der Waals surface area contributed by atoms with Crippen molar-refractivity contribution in [2.45, 2.75) is 18.2 Å². The van der Waals surface area contributed by atoms with Crippen LogP contribution in [0.4, 0.5) is 0 Å². The largest absolute Gasteiger partial charge is 0.383 e. The molecule has 0 aliphatic carbocycles. The third-order valence-corrected chi connectivity index (χ3v) is 3.23. The summed E-state index contributed by atoms with van der Waals surface area (Å²) in [4.78, 5) is 14.0. The van der Waals surface area contributed by atoms with Crippen molar-refractivity contribution >= 4 is 21.8 Å². The minimum absolute atomic E-state index is 0.0229. The summed E-state index contributed by atoms with van der Waals surface area (Å²) in [6.07, 6.45) is 0.829. The molecule has 0 saturated heterocycles. The number of aromatic nitrogens is 2. The lowest BCUT2D eigenvalue weighted by molar-refractivity contribution is 0.0773. The van der Waals surface area contributed by atoms with Crippen molar-refractivity contribution in [3.05, 3.63) is 17.5 Å². The molecule has 1 atom stereocenters. The Labute approximate surface area is 116 Å². The van der Waals surface area contributed by atoms with Crippen LogP contribution in [-0.2, 0) is 18.2 Å². The van der Waals surface area contributed by atoms with E-state index >= 15 is 0 Å². The zero-order chi connectivity index (χ0) is 13.7. The number of hydrogen-bond acceptors (Lipinski definition) is 3. The minimum atomic E-state index is -0.0229. The van der Waals surface area contributed by atoms with Gasteiger partial charge in [-0.3, -0.25) is 9.48 Å². The predicted octanol–water partition coefficient (Wildman–Crippen LogP) is 1.46. The lowest BCUT2D eigenvalue weighted by atomic mass is 10.3. The highest BCUT2D eigenvalue weighted by atomic mass is 79.9. The van der Waals surface area contributed by atoms with Crippen LogP contribution in [0.2, 0.25) is 0 Å². The number of ether oxygens (including phenoxy) is 1. The van der Waals surface area contributed by atoms with Crippen LogP contribution in [0.3, 0.4) is 0 Å². The first kappa shape index (κ1) is 15.2. The summed E-state index contributed by atoms with van der Waals surface area (Å²) in [5.41, 5.74) is 1.55. The quantitative estimate of drug-likeness (QED) is 0.746. The molecule has 102 valence electrons. The van der Waals surface area contributed by atoms with E-state index in [1.54, 1.807) is 30.8 Å². The number of nitrogens with zero attached hydrogens (tertiary/aromatic N) is 3. The Kier molecular flexibility index (Phi) is 5.81. The molecule has 0 aromatic carbocycles. The average molecular weight is 318 g/mol. The lowest BCUT2D eigenvalue weighted by Gasteiger charge is -2.20. The van der Waals surface area contributed by atoms with Crippen LogP contribution in [0.1, 0.15) is 23.1 Å². The van der Waals surface area contributed by atoms with Gasteiger partial charge in [0.15, 0.2) is 0 Å². The van der Waals surface area contributed by atoms with E-state index in [-0.39, 0.29) is 10.7 Å². The molecule has 1 amide bonds. The van der Waals surface area contributed by atoms with Crippen molar-refractivity contribution in [3.8, 4) is 0 Å². The van der Waals surface area contributed by atoms with Crippen molar-refractivity contribution < 1.29 is 9.53 Å². The fraction of sp³-hybridized carbons (Fsp3) is 0.667. The molecule has 0 aliphatic rings. The maximum atomic E-state index is 12.2. The second-order valence-electron chi connectivity index (χ2n) is 4.24. The Morgan fingerprint density at radius 2 is 2.33 bits per heavy atom. The predicted molar refractivity (Wildman–Crippen MR) is 74.1 cm³/mol. The molecule has 0 fully saturated rings. The summed E-state index contributed by atoms with van der Waals surface area (Å²) in [6, 6.07) is 1.85. The van der Waals surface area contributed by atoms with E-state index in [9.17, 15) is 4.79 Å². The average Bonchev–Trinajstić information content (AvgIpc) is 2.69. The number of amides is 1. The van der Waals surface area contributed by atoms with Gasteiger partial charge in [-0.25, -0.2) is 0 Å². The molecule has 1 aromatic heterocycles. The second-order valence-corrected chi connectivity index (χ2v) is 5.53. The lowest BCUT2D eigenvalue weighted by Crippen LogP contribution is -2.34. The van der Waals surface area contributed by atoms with Crippen molar-refractivity contribution in [3.63, 3.8) is 0 Å². The molecule has 0 aliphatic heterocycles. The maximum absolute atomic E-state index is 12.2. The van der Waals surface area contributed by atoms with E-state index in [1.807, 2.05) is 13.0 Å². The van der Waals surface area contributed by atoms with E-state index in [4.69, 9.17) is 4.74 Å². The van der Waals surface area contributed by atoms with Gasteiger partial charge in [-0.2, -0.15) is 5.10 Å². The first-order valence-corrected chi connectivity index (χ1v) is 6.82. The van der Waals surface area contributed by atoms with Gasteiger partial charge >= 0.3 is 0 Å². The molecular weight excluding hydrogens is 298 g/mol. The van der Waals surface area contributed by atoms with Crippen LogP contribution < -0.4 is 0 Å². The van der Waals surface area contributed by atoms with Gasteiger partial charge in [0.25, 0.3) is 5.91 Å². The summed E-state index contributed by atoms with van der Waals surface area (Å²) < 4.78 is 6.67. The zero-order valence-electron chi connectivity index (χ0n) is 11.3. The van der Waals surface area contributed by atoms with E-state index in [0.717, 1.165) is 12.1 Å². The van der Waals surface area contributed by atoms with Crippen LogP contribution in [0.15, 0.2) is 6.07 Å². The van der Waals surface area contributed by atoms with E-state index < -0.39 is 0 Å². The summed E-state index contributed by atoms with van der Waals surface area (Å²) in [5.74, 6) is -0.0229. The van der Waals surface area contributed by atoms with E-state index in [1.165, 1.54) is 0 Å². The number of halogens is 1. The van der Waals surface area contributed by atoms with Crippen molar-refractivity contribution in [2.75, 3.05) is 27.3 Å². The summed E-state index contributed by atoms with van der Waals surface area (Å²) in [7, 11) is 5.22. The Bertz CT molecular complexity index is 406. The standard InChI is InChI=1S/C12H20BrN3O2/c1-5-10-6-11(16(3)14-10)12(17)15(2)7-9(13)8-18-4/h6,9H,5,7-8H2,1-4H3. The Balaban J connectivity index is 2.70. The van der Waals surface area contributed by atoms with E-state index in [0.29, 0.717) is 18.8 Å². The van der Waals surface area contributed by atoms with Gasteiger partial charge in [-0.05, 0) is 12.5 Å². The summed E-state index contributed by atoms with van der Waals surface area (Å²) in [5, 5.41) is 4.28. The number of methoxy groups -OCH3 is 1. The number of carbonyl (C=O) groups excluding carboxylic acids is 1. The van der Waals surface area contributed by atoms with Gasteiger partial charge in [0.1, 0.15) is 5.69 Å². The number of alkyl halides is 1. The van der Waals surface area contributed by atoms with Crippen LogP contribution in [0.25, 0.3) is 0 Å². The van der Waals surface area contributed by atoms with Crippen molar-refractivity contribution in [1.82, 2.24) is 14.7 Å². The fourth-order valence-electron chi connectivity index (χ4n) is 1.71. The molecule has 0 spiro atoms. The van der Waals surface area contributed by atoms with Gasteiger partial charge in [0.2, 0.25) is 0 Å². The molecule has 1 unspecified atom stereocenters. The van der Waals surface area contributed by atoms with Crippen molar-refractivity contribution in [1.29, 1.82) is 0 Å². The van der Waals surface area contributed by atoms with Gasteiger partial charge in [0, 0.05) is 27.7 Å². The first-order valence-electron chi connectivity index (χ1n) is 5.91. The van der Waals surface area contributed by atoms with Crippen molar-refractivity contribution in [2.24, 2.45) is 7.05 Å². The first-order chi connectivity index (χ1) is 8.49. The van der Waals surface area contributed by atoms with Crippen LogP contribution in [0.5, 0.6) is 0 Å². The Hall–Kier alpha value is -0.880. The molecule has 0 N–H and O–H groups in total. The Morgan fingerprint density at radius 1 is 1.67 bits per heavy atom. The molecule has 1 rings (SSSR count). The molecule has 0 radical (unpaired) electrons. The third-order valence-electron chi connectivity index (χ3n) is 2.68. The Morgan fingerprint density at radius 3 is 2.83 bits per heavy atom. The number of aryl methyl sites for hydroxylation is 2. The molecule has 1 aromatic rings. The molecule has 1 heterocycles. The summed E-state index contributed by atoms with van der Waals surface area (Å²) >= 11 is 3.48.